The number of hydrogen-bond acceptors (Lipinski definition) is 3. The Kier molecular flexibility index (Phi) is 8.07. The second kappa shape index (κ2) is 9.54. The molecule has 0 unspecified atom stereocenters. The maximum atomic E-state index is 12.7. The van der Waals surface area contributed by atoms with Gasteiger partial charge in [0, 0.05) is 31.7 Å². The van der Waals surface area contributed by atoms with Crippen LogP contribution in [-0.4, -0.2) is 25.5 Å². The zero-order valence-electron chi connectivity index (χ0n) is 14.4. The SMILES string of the molecule is CCN1CCN(C(=O)CCc2ccccc2N)c2ccccc21.Cl.Cl. The van der Waals surface area contributed by atoms with E-state index < -0.39 is 0 Å². The van der Waals surface area contributed by atoms with Crippen LogP contribution in [0.25, 0.3) is 0 Å². The Balaban J connectivity index is 0.00000156. The van der Waals surface area contributed by atoms with Gasteiger partial charge in [-0.3, -0.25) is 4.79 Å². The Morgan fingerprint density at radius 2 is 1.64 bits per heavy atom. The summed E-state index contributed by atoms with van der Waals surface area (Å²) in [6, 6.07) is 15.9. The van der Waals surface area contributed by atoms with E-state index >= 15 is 0 Å². The largest absolute Gasteiger partial charge is 0.399 e. The van der Waals surface area contributed by atoms with E-state index in [9.17, 15) is 4.79 Å². The minimum atomic E-state index is 0. The van der Waals surface area contributed by atoms with E-state index in [-0.39, 0.29) is 30.7 Å². The van der Waals surface area contributed by atoms with Gasteiger partial charge in [-0.15, -0.1) is 24.8 Å². The number of para-hydroxylation sites is 3. The number of halogens is 2. The van der Waals surface area contributed by atoms with Crippen molar-refractivity contribution >= 4 is 47.8 Å². The summed E-state index contributed by atoms with van der Waals surface area (Å²) in [5.41, 5.74) is 9.94. The van der Waals surface area contributed by atoms with Crippen molar-refractivity contribution in [3.8, 4) is 0 Å². The molecule has 0 aliphatic carbocycles. The number of carbonyl (C=O) groups is 1. The summed E-state index contributed by atoms with van der Waals surface area (Å²) in [5, 5.41) is 0. The maximum absolute atomic E-state index is 12.7. The number of nitrogens with zero attached hydrogens (tertiary/aromatic N) is 2. The molecule has 25 heavy (non-hydrogen) atoms. The van der Waals surface area contributed by atoms with Gasteiger partial charge in [0.05, 0.1) is 11.4 Å². The van der Waals surface area contributed by atoms with Crippen molar-refractivity contribution in [2.45, 2.75) is 19.8 Å². The molecule has 4 nitrogen and oxygen atoms in total. The highest BCUT2D eigenvalue weighted by molar-refractivity contribution is 5.98. The highest BCUT2D eigenvalue weighted by atomic mass is 35.5. The monoisotopic (exact) mass is 381 g/mol. The molecule has 1 aliphatic heterocycles. The van der Waals surface area contributed by atoms with Gasteiger partial charge in [-0.1, -0.05) is 30.3 Å². The molecule has 0 aromatic heterocycles. The van der Waals surface area contributed by atoms with Gasteiger partial charge >= 0.3 is 0 Å². The maximum Gasteiger partial charge on any atom is 0.227 e. The fourth-order valence-corrected chi connectivity index (χ4v) is 3.15. The molecule has 1 amide bonds. The number of carbonyl (C=O) groups excluding carboxylic acids is 1. The molecule has 0 radical (unpaired) electrons. The van der Waals surface area contributed by atoms with E-state index in [1.807, 2.05) is 47.4 Å². The first-order valence-corrected chi connectivity index (χ1v) is 8.18. The molecule has 3 rings (SSSR count). The summed E-state index contributed by atoms with van der Waals surface area (Å²) in [4.78, 5) is 16.9. The number of nitrogens with two attached hydrogens (primary N) is 1. The van der Waals surface area contributed by atoms with Gasteiger partial charge < -0.3 is 15.5 Å². The van der Waals surface area contributed by atoms with E-state index in [4.69, 9.17) is 5.73 Å². The van der Waals surface area contributed by atoms with Crippen LogP contribution in [0.1, 0.15) is 18.9 Å². The van der Waals surface area contributed by atoms with Gasteiger partial charge in [-0.05, 0) is 37.1 Å². The van der Waals surface area contributed by atoms with Crippen molar-refractivity contribution in [3.63, 3.8) is 0 Å². The predicted molar refractivity (Wildman–Crippen MR) is 110 cm³/mol. The predicted octanol–water partition coefficient (Wildman–Crippen LogP) is 3.92. The summed E-state index contributed by atoms with van der Waals surface area (Å²) < 4.78 is 0. The van der Waals surface area contributed by atoms with E-state index in [1.165, 1.54) is 0 Å². The van der Waals surface area contributed by atoms with Crippen LogP contribution in [-0.2, 0) is 11.2 Å². The summed E-state index contributed by atoms with van der Waals surface area (Å²) in [6.45, 7) is 4.73. The van der Waals surface area contributed by atoms with Gasteiger partial charge in [-0.2, -0.15) is 0 Å². The topological polar surface area (TPSA) is 49.6 Å². The normalized spacial score (nSPS) is 12.7. The number of likely N-dealkylation sites (N-methyl/N-ethyl adjacent to an activating group) is 1. The van der Waals surface area contributed by atoms with Gasteiger partial charge in [0.1, 0.15) is 0 Å². The van der Waals surface area contributed by atoms with E-state index in [1.54, 1.807) is 0 Å². The van der Waals surface area contributed by atoms with Crippen molar-refractivity contribution in [2.75, 3.05) is 35.2 Å². The molecular weight excluding hydrogens is 357 g/mol. The average Bonchev–Trinajstić information content (AvgIpc) is 2.59. The minimum absolute atomic E-state index is 0. The second-order valence-electron chi connectivity index (χ2n) is 5.81. The number of hydrogen-bond donors (Lipinski definition) is 1. The van der Waals surface area contributed by atoms with Crippen LogP contribution in [0.5, 0.6) is 0 Å². The molecule has 136 valence electrons. The molecule has 2 N–H and O–H groups in total. The molecule has 0 saturated carbocycles. The standard InChI is InChI=1S/C19H23N3O.2ClH/c1-2-21-13-14-22(18-10-6-5-9-17(18)21)19(23)12-11-15-7-3-4-8-16(15)20;;/h3-10H,2,11-14,20H2,1H3;2*1H. The van der Waals surface area contributed by atoms with Crippen molar-refractivity contribution in [2.24, 2.45) is 0 Å². The molecule has 0 atom stereocenters. The lowest BCUT2D eigenvalue weighted by Crippen LogP contribution is -2.44. The lowest BCUT2D eigenvalue weighted by atomic mass is 10.1. The summed E-state index contributed by atoms with van der Waals surface area (Å²) in [5.74, 6) is 0.163. The highest BCUT2D eigenvalue weighted by Gasteiger charge is 2.25. The Morgan fingerprint density at radius 3 is 2.32 bits per heavy atom. The molecule has 0 fully saturated rings. The van der Waals surface area contributed by atoms with E-state index in [0.717, 1.165) is 42.3 Å². The van der Waals surface area contributed by atoms with Crippen LogP contribution >= 0.6 is 24.8 Å². The van der Waals surface area contributed by atoms with Gasteiger partial charge in [-0.25, -0.2) is 0 Å². The van der Waals surface area contributed by atoms with Gasteiger partial charge in [0.2, 0.25) is 5.91 Å². The summed E-state index contributed by atoms with van der Waals surface area (Å²) in [7, 11) is 0. The molecule has 1 aliphatic rings. The van der Waals surface area contributed by atoms with E-state index in [0.29, 0.717) is 12.8 Å². The molecule has 0 spiro atoms. The lowest BCUT2D eigenvalue weighted by molar-refractivity contribution is -0.118. The van der Waals surface area contributed by atoms with Crippen LogP contribution in [0.15, 0.2) is 48.5 Å². The number of fused-ring (bicyclic) bond motifs is 1. The lowest BCUT2D eigenvalue weighted by Gasteiger charge is -2.37. The first kappa shape index (κ1) is 21.1. The highest BCUT2D eigenvalue weighted by Crippen LogP contribution is 2.33. The van der Waals surface area contributed by atoms with Crippen LogP contribution in [0.2, 0.25) is 0 Å². The fraction of sp³-hybridized carbons (Fsp3) is 0.316. The zero-order chi connectivity index (χ0) is 16.2. The number of nitrogen functional groups attached to an aromatic ring is 1. The van der Waals surface area contributed by atoms with Crippen LogP contribution in [0.3, 0.4) is 0 Å². The van der Waals surface area contributed by atoms with E-state index in [2.05, 4.69) is 17.9 Å². The molecule has 2 aromatic rings. The van der Waals surface area contributed by atoms with Crippen molar-refractivity contribution in [1.29, 1.82) is 0 Å². The first-order chi connectivity index (χ1) is 11.2. The summed E-state index contributed by atoms with van der Waals surface area (Å²) in [6.07, 6.45) is 1.16. The number of amides is 1. The second-order valence-corrected chi connectivity index (χ2v) is 5.81. The third-order valence-corrected chi connectivity index (χ3v) is 4.45. The van der Waals surface area contributed by atoms with Crippen molar-refractivity contribution in [3.05, 3.63) is 54.1 Å². The van der Waals surface area contributed by atoms with Crippen LogP contribution in [0.4, 0.5) is 17.1 Å². The third-order valence-electron chi connectivity index (χ3n) is 4.45. The fourth-order valence-electron chi connectivity index (χ4n) is 3.15. The Hall–Kier alpha value is -1.91. The first-order valence-electron chi connectivity index (χ1n) is 8.18. The number of benzene rings is 2. The Morgan fingerprint density at radius 1 is 1.00 bits per heavy atom. The molecule has 1 heterocycles. The number of rotatable bonds is 4. The molecule has 0 saturated heterocycles. The number of anilines is 3. The smallest absolute Gasteiger partial charge is 0.227 e. The van der Waals surface area contributed by atoms with Crippen LogP contribution < -0.4 is 15.5 Å². The minimum Gasteiger partial charge on any atom is -0.399 e. The summed E-state index contributed by atoms with van der Waals surface area (Å²) >= 11 is 0. The Labute approximate surface area is 161 Å². The van der Waals surface area contributed by atoms with Crippen molar-refractivity contribution in [1.82, 2.24) is 0 Å². The molecule has 2 aromatic carbocycles. The third kappa shape index (κ3) is 4.59. The Bertz CT molecular complexity index is 709. The quantitative estimate of drug-likeness (QED) is 0.816. The molecule has 0 bridgehead atoms. The molecular formula is C19H25Cl2N3O. The van der Waals surface area contributed by atoms with Crippen LogP contribution in [0, 0.1) is 0 Å². The number of aryl methyl sites for hydroxylation is 1. The van der Waals surface area contributed by atoms with Crippen molar-refractivity contribution < 1.29 is 4.79 Å². The zero-order valence-corrected chi connectivity index (χ0v) is 16.0. The van der Waals surface area contributed by atoms with Gasteiger partial charge in [0.15, 0.2) is 0 Å². The van der Waals surface area contributed by atoms with Gasteiger partial charge in [0.25, 0.3) is 0 Å². The average molecular weight is 382 g/mol. The molecule has 6 heteroatoms.